The Morgan fingerprint density at radius 3 is 1.74 bits per heavy atom. The molecule has 0 aromatic rings. The Hall–Kier alpha value is -0.0400. The summed E-state index contributed by atoms with van der Waals surface area (Å²) in [6.07, 6.45) is 14.6. The molecule has 19 heavy (non-hydrogen) atoms. The van der Waals surface area contributed by atoms with E-state index in [2.05, 4.69) is 32.6 Å². The minimum absolute atomic E-state index is 0.399. The van der Waals surface area contributed by atoms with Crippen LogP contribution in [0.25, 0.3) is 0 Å². The lowest BCUT2D eigenvalue weighted by atomic mass is 9.74. The Balaban J connectivity index is 2.11. The largest absolute Gasteiger partial charge is 0.293 e. The molecule has 2 saturated carbocycles. The Morgan fingerprint density at radius 1 is 0.789 bits per heavy atom. The summed E-state index contributed by atoms with van der Waals surface area (Å²) in [6.45, 7) is 9.91. The molecule has 1 heteroatoms. The maximum atomic E-state index is 2.90. The van der Waals surface area contributed by atoms with Crippen LogP contribution in [0.4, 0.5) is 0 Å². The zero-order chi connectivity index (χ0) is 13.9. The monoisotopic (exact) mass is 265 g/mol. The Labute approximate surface area is 121 Å². The highest BCUT2D eigenvalue weighted by Gasteiger charge is 2.40. The van der Waals surface area contributed by atoms with E-state index < -0.39 is 0 Å². The molecule has 0 amide bonds. The third kappa shape index (κ3) is 3.54. The molecule has 0 aromatic carbocycles. The van der Waals surface area contributed by atoms with Gasteiger partial charge in [-0.15, -0.1) is 0 Å². The minimum atomic E-state index is 0.399. The van der Waals surface area contributed by atoms with Crippen molar-refractivity contribution in [3.8, 4) is 0 Å². The fraction of sp³-hybridized carbons (Fsp3) is 1.00. The Bertz CT molecular complexity index is 257. The van der Waals surface area contributed by atoms with Gasteiger partial charge in [0.05, 0.1) is 0 Å². The third-order valence-electron chi connectivity index (χ3n) is 5.79. The summed E-state index contributed by atoms with van der Waals surface area (Å²) in [5, 5.41) is 0. The summed E-state index contributed by atoms with van der Waals surface area (Å²) in [7, 11) is 0. The average molecular weight is 265 g/mol. The van der Waals surface area contributed by atoms with Crippen LogP contribution in [0.5, 0.6) is 0 Å². The van der Waals surface area contributed by atoms with E-state index in [0.717, 1.165) is 12.0 Å². The molecule has 0 saturated heterocycles. The van der Waals surface area contributed by atoms with Crippen molar-refractivity contribution in [2.24, 2.45) is 5.92 Å². The van der Waals surface area contributed by atoms with Crippen molar-refractivity contribution in [2.45, 2.75) is 110 Å². The first-order chi connectivity index (χ1) is 9.03. The highest BCUT2D eigenvalue weighted by Crippen LogP contribution is 2.40. The lowest BCUT2D eigenvalue weighted by Gasteiger charge is -2.52. The van der Waals surface area contributed by atoms with Gasteiger partial charge in [0.15, 0.2) is 0 Å². The summed E-state index contributed by atoms with van der Waals surface area (Å²) in [4.78, 5) is 2.90. The van der Waals surface area contributed by atoms with Gasteiger partial charge < -0.3 is 0 Å². The summed E-state index contributed by atoms with van der Waals surface area (Å²) >= 11 is 0. The van der Waals surface area contributed by atoms with Crippen molar-refractivity contribution < 1.29 is 0 Å². The van der Waals surface area contributed by atoms with Crippen LogP contribution in [-0.2, 0) is 0 Å². The molecule has 1 nitrogen and oxygen atoms in total. The van der Waals surface area contributed by atoms with Crippen LogP contribution in [0.1, 0.15) is 91.9 Å². The topological polar surface area (TPSA) is 3.24 Å². The van der Waals surface area contributed by atoms with E-state index >= 15 is 0 Å². The molecule has 0 aliphatic heterocycles. The molecule has 0 radical (unpaired) electrons. The van der Waals surface area contributed by atoms with Crippen molar-refractivity contribution >= 4 is 0 Å². The SMILES string of the molecule is CC(C)N(C1CCCCC1)C(C)(C)C1CCCCC1. The molecule has 0 N–H and O–H groups in total. The van der Waals surface area contributed by atoms with E-state index in [1.165, 1.54) is 64.2 Å². The van der Waals surface area contributed by atoms with Crippen LogP contribution in [0.15, 0.2) is 0 Å². The van der Waals surface area contributed by atoms with Gasteiger partial charge in [0.25, 0.3) is 0 Å². The Kier molecular flexibility index (Phi) is 5.34. The zero-order valence-electron chi connectivity index (χ0n) is 13.8. The van der Waals surface area contributed by atoms with Crippen molar-refractivity contribution in [3.05, 3.63) is 0 Å². The molecular weight excluding hydrogens is 230 g/mol. The van der Waals surface area contributed by atoms with E-state index in [0.29, 0.717) is 11.6 Å². The zero-order valence-corrected chi connectivity index (χ0v) is 13.8. The molecule has 0 unspecified atom stereocenters. The highest BCUT2D eigenvalue weighted by molar-refractivity contribution is 4.95. The Morgan fingerprint density at radius 2 is 1.26 bits per heavy atom. The van der Waals surface area contributed by atoms with Crippen LogP contribution < -0.4 is 0 Å². The molecule has 0 heterocycles. The van der Waals surface area contributed by atoms with E-state index in [1.807, 2.05) is 0 Å². The fourth-order valence-corrected chi connectivity index (χ4v) is 4.94. The van der Waals surface area contributed by atoms with Gasteiger partial charge in [-0.1, -0.05) is 38.5 Å². The molecular formula is C18H35N. The smallest absolute Gasteiger partial charge is 0.0187 e. The number of nitrogens with zero attached hydrogens (tertiary/aromatic N) is 1. The molecule has 2 fully saturated rings. The summed E-state index contributed by atoms with van der Waals surface area (Å²) in [5.41, 5.74) is 0.399. The molecule has 0 spiro atoms. The number of hydrogen-bond acceptors (Lipinski definition) is 1. The first-order valence-electron chi connectivity index (χ1n) is 8.82. The van der Waals surface area contributed by atoms with E-state index in [4.69, 9.17) is 0 Å². The maximum absolute atomic E-state index is 2.90. The first-order valence-corrected chi connectivity index (χ1v) is 8.82. The molecule has 2 rings (SSSR count). The van der Waals surface area contributed by atoms with Crippen molar-refractivity contribution in [2.75, 3.05) is 0 Å². The summed E-state index contributed by atoms with van der Waals surface area (Å²) in [5.74, 6) is 0.922. The summed E-state index contributed by atoms with van der Waals surface area (Å²) in [6, 6.07) is 1.55. The molecule has 0 aromatic heterocycles. The second kappa shape index (κ2) is 6.61. The normalized spacial score (nSPS) is 24.3. The lowest BCUT2D eigenvalue weighted by molar-refractivity contribution is -0.0270. The van der Waals surface area contributed by atoms with Crippen LogP contribution in [-0.4, -0.2) is 22.5 Å². The first kappa shape index (κ1) is 15.4. The fourth-order valence-electron chi connectivity index (χ4n) is 4.94. The standard InChI is InChI=1S/C18H35N/c1-15(2)19(17-13-9-6-10-14-17)18(3,4)16-11-7-5-8-12-16/h15-17H,5-14H2,1-4H3. The van der Waals surface area contributed by atoms with Gasteiger partial charge in [-0.25, -0.2) is 0 Å². The van der Waals surface area contributed by atoms with Crippen LogP contribution in [0.3, 0.4) is 0 Å². The highest BCUT2D eigenvalue weighted by atomic mass is 15.2. The van der Waals surface area contributed by atoms with E-state index in [1.54, 1.807) is 0 Å². The van der Waals surface area contributed by atoms with Gasteiger partial charge in [0.2, 0.25) is 0 Å². The van der Waals surface area contributed by atoms with E-state index in [9.17, 15) is 0 Å². The lowest BCUT2D eigenvalue weighted by Crippen LogP contribution is -2.57. The van der Waals surface area contributed by atoms with Gasteiger partial charge >= 0.3 is 0 Å². The predicted octanol–water partition coefficient (Wildman–Crippen LogP) is 5.39. The molecule has 2 aliphatic carbocycles. The second-order valence-electron chi connectivity index (χ2n) is 7.78. The maximum Gasteiger partial charge on any atom is 0.0187 e. The quantitative estimate of drug-likeness (QED) is 0.659. The minimum Gasteiger partial charge on any atom is -0.293 e. The van der Waals surface area contributed by atoms with E-state index in [-0.39, 0.29) is 0 Å². The van der Waals surface area contributed by atoms with Crippen LogP contribution in [0.2, 0.25) is 0 Å². The molecule has 112 valence electrons. The van der Waals surface area contributed by atoms with Gasteiger partial charge in [0.1, 0.15) is 0 Å². The van der Waals surface area contributed by atoms with Crippen molar-refractivity contribution in [1.29, 1.82) is 0 Å². The van der Waals surface area contributed by atoms with Gasteiger partial charge in [0, 0.05) is 17.6 Å². The van der Waals surface area contributed by atoms with Crippen molar-refractivity contribution in [1.82, 2.24) is 4.90 Å². The van der Waals surface area contributed by atoms with Gasteiger partial charge in [-0.2, -0.15) is 0 Å². The van der Waals surface area contributed by atoms with Crippen molar-refractivity contribution in [3.63, 3.8) is 0 Å². The van der Waals surface area contributed by atoms with Gasteiger partial charge in [-0.3, -0.25) is 4.90 Å². The van der Waals surface area contributed by atoms with Gasteiger partial charge in [-0.05, 0) is 59.3 Å². The van der Waals surface area contributed by atoms with Crippen LogP contribution in [0, 0.1) is 5.92 Å². The molecule has 0 bridgehead atoms. The molecule has 0 atom stereocenters. The van der Waals surface area contributed by atoms with Crippen LogP contribution >= 0.6 is 0 Å². The average Bonchev–Trinajstić information content (AvgIpc) is 2.40. The molecule has 2 aliphatic rings. The summed E-state index contributed by atoms with van der Waals surface area (Å²) < 4.78 is 0. The predicted molar refractivity (Wildman–Crippen MR) is 84.5 cm³/mol. The third-order valence-corrected chi connectivity index (χ3v) is 5.79. The second-order valence-corrected chi connectivity index (χ2v) is 7.78. The number of rotatable bonds is 4. The number of hydrogen-bond donors (Lipinski definition) is 0.